The fourth-order valence-electron chi connectivity index (χ4n) is 4.86. The molecule has 2 heteroatoms. The lowest BCUT2D eigenvalue weighted by Gasteiger charge is -2.53. The largest absolute Gasteiger partial charge is 0.385 e. The maximum atomic E-state index is 11.3. The van der Waals surface area contributed by atoms with Crippen molar-refractivity contribution in [1.82, 2.24) is 0 Å². The predicted octanol–water partition coefficient (Wildman–Crippen LogP) is 3.97. The first-order chi connectivity index (χ1) is 11.1. The van der Waals surface area contributed by atoms with Gasteiger partial charge >= 0.3 is 0 Å². The second-order valence-corrected chi connectivity index (χ2v) is 7.29. The van der Waals surface area contributed by atoms with E-state index >= 15 is 0 Å². The van der Waals surface area contributed by atoms with Crippen molar-refractivity contribution >= 4 is 0 Å². The third kappa shape index (κ3) is 2.32. The van der Waals surface area contributed by atoms with Crippen molar-refractivity contribution < 1.29 is 10.2 Å². The molecule has 0 amide bonds. The van der Waals surface area contributed by atoms with Crippen LogP contribution in [-0.2, 0) is 11.2 Å². The molecule has 2 bridgehead atoms. The van der Waals surface area contributed by atoms with Gasteiger partial charge in [-0.15, -0.1) is 0 Å². The smallest absolute Gasteiger partial charge is 0.0924 e. The summed E-state index contributed by atoms with van der Waals surface area (Å²) in [5.41, 5.74) is 0.619. The van der Waals surface area contributed by atoms with Crippen LogP contribution >= 0.6 is 0 Å². The van der Waals surface area contributed by atoms with Crippen LogP contribution in [-0.4, -0.2) is 10.2 Å². The van der Waals surface area contributed by atoms with E-state index in [9.17, 15) is 10.2 Å². The van der Waals surface area contributed by atoms with Gasteiger partial charge in [-0.05, 0) is 55.1 Å². The van der Waals surface area contributed by atoms with Crippen molar-refractivity contribution in [3.8, 4) is 0 Å². The predicted molar refractivity (Wildman–Crippen MR) is 90.7 cm³/mol. The van der Waals surface area contributed by atoms with Gasteiger partial charge in [0.15, 0.2) is 0 Å². The molecule has 0 spiro atoms. The van der Waals surface area contributed by atoms with Crippen LogP contribution in [0.4, 0.5) is 0 Å². The summed E-state index contributed by atoms with van der Waals surface area (Å²) in [5.74, 6) is 0.486. The zero-order valence-electron chi connectivity index (χ0n) is 13.4. The van der Waals surface area contributed by atoms with Gasteiger partial charge in [0, 0.05) is 0 Å². The molecule has 2 aromatic rings. The van der Waals surface area contributed by atoms with Gasteiger partial charge in [0.2, 0.25) is 0 Å². The molecule has 0 aromatic heterocycles. The van der Waals surface area contributed by atoms with E-state index in [1.165, 1.54) is 0 Å². The molecule has 2 aliphatic carbocycles. The molecule has 4 atom stereocenters. The lowest BCUT2D eigenvalue weighted by atomic mass is 9.56. The number of fused-ring (bicyclic) bond motifs is 2. The zero-order chi connectivity index (χ0) is 15.9. The Balaban J connectivity index is 1.62. The Morgan fingerprint density at radius 1 is 0.652 bits per heavy atom. The summed E-state index contributed by atoms with van der Waals surface area (Å²) in [5, 5.41) is 22.6. The monoisotopic (exact) mass is 308 g/mol. The van der Waals surface area contributed by atoms with Crippen molar-refractivity contribution in [3.05, 3.63) is 71.8 Å². The van der Waals surface area contributed by atoms with E-state index in [4.69, 9.17) is 0 Å². The SMILES string of the molecule is O[C@]1(c2ccccc2)CC[C@H]2C[C@@H]1CC[C@]2(O)c1ccccc1. The van der Waals surface area contributed by atoms with Gasteiger partial charge in [0.25, 0.3) is 0 Å². The summed E-state index contributed by atoms with van der Waals surface area (Å²) >= 11 is 0. The third-order valence-corrected chi connectivity index (χ3v) is 6.22. The van der Waals surface area contributed by atoms with Crippen LogP contribution in [0.3, 0.4) is 0 Å². The molecule has 0 saturated heterocycles. The second kappa shape index (κ2) is 5.47. The first-order valence-corrected chi connectivity index (χ1v) is 8.69. The van der Waals surface area contributed by atoms with Crippen molar-refractivity contribution in [3.63, 3.8) is 0 Å². The molecule has 2 nitrogen and oxygen atoms in total. The molecule has 120 valence electrons. The molecular formula is C21H24O2. The fraction of sp³-hybridized carbons (Fsp3) is 0.429. The summed E-state index contributed by atoms with van der Waals surface area (Å²) in [6.07, 6.45) is 4.11. The summed E-state index contributed by atoms with van der Waals surface area (Å²) in [6, 6.07) is 20.2. The van der Waals surface area contributed by atoms with Gasteiger partial charge < -0.3 is 10.2 Å². The summed E-state index contributed by atoms with van der Waals surface area (Å²) in [4.78, 5) is 0. The van der Waals surface area contributed by atoms with Gasteiger partial charge in [-0.3, -0.25) is 0 Å². The lowest BCUT2D eigenvalue weighted by molar-refractivity contribution is -0.155. The van der Waals surface area contributed by atoms with Crippen LogP contribution in [0.1, 0.15) is 43.2 Å². The highest BCUT2D eigenvalue weighted by molar-refractivity contribution is 5.28. The van der Waals surface area contributed by atoms with E-state index in [-0.39, 0.29) is 11.8 Å². The third-order valence-electron chi connectivity index (χ3n) is 6.22. The molecule has 2 saturated carbocycles. The van der Waals surface area contributed by atoms with Crippen LogP contribution < -0.4 is 0 Å². The maximum absolute atomic E-state index is 11.3. The number of benzene rings is 2. The Hall–Kier alpha value is -1.64. The van der Waals surface area contributed by atoms with Crippen molar-refractivity contribution in [2.75, 3.05) is 0 Å². The molecule has 0 radical (unpaired) electrons. The minimum absolute atomic E-state index is 0.243. The van der Waals surface area contributed by atoms with E-state index in [1.54, 1.807) is 0 Å². The van der Waals surface area contributed by atoms with E-state index in [1.807, 2.05) is 60.7 Å². The highest BCUT2D eigenvalue weighted by Crippen LogP contribution is 2.56. The Labute approximate surface area is 137 Å². The zero-order valence-corrected chi connectivity index (χ0v) is 13.4. The number of hydrogen-bond donors (Lipinski definition) is 2. The van der Waals surface area contributed by atoms with Crippen molar-refractivity contribution in [2.24, 2.45) is 11.8 Å². The normalized spacial score (nSPS) is 36.6. The van der Waals surface area contributed by atoms with Gasteiger partial charge in [-0.1, -0.05) is 60.7 Å². The molecule has 2 fully saturated rings. The van der Waals surface area contributed by atoms with Gasteiger partial charge in [0.1, 0.15) is 0 Å². The van der Waals surface area contributed by atoms with Crippen molar-refractivity contribution in [1.29, 1.82) is 0 Å². The second-order valence-electron chi connectivity index (χ2n) is 7.29. The summed E-state index contributed by atoms with van der Waals surface area (Å²) < 4.78 is 0. The summed E-state index contributed by atoms with van der Waals surface area (Å²) in [6.45, 7) is 0. The van der Waals surface area contributed by atoms with Gasteiger partial charge in [-0.25, -0.2) is 0 Å². The molecular weight excluding hydrogens is 284 g/mol. The molecule has 4 rings (SSSR count). The minimum atomic E-state index is -0.726. The highest BCUT2D eigenvalue weighted by atomic mass is 16.3. The van der Waals surface area contributed by atoms with Crippen LogP contribution in [0.2, 0.25) is 0 Å². The number of aliphatic hydroxyl groups is 2. The van der Waals surface area contributed by atoms with Gasteiger partial charge in [0.05, 0.1) is 11.2 Å². The van der Waals surface area contributed by atoms with Crippen LogP contribution in [0.15, 0.2) is 60.7 Å². The van der Waals surface area contributed by atoms with E-state index in [0.717, 1.165) is 43.2 Å². The molecule has 23 heavy (non-hydrogen) atoms. The van der Waals surface area contributed by atoms with Crippen LogP contribution in [0.5, 0.6) is 0 Å². The quantitative estimate of drug-likeness (QED) is 0.881. The highest BCUT2D eigenvalue weighted by Gasteiger charge is 2.53. The van der Waals surface area contributed by atoms with Crippen LogP contribution in [0.25, 0.3) is 0 Å². The molecule has 0 heterocycles. The molecule has 2 aromatic carbocycles. The Morgan fingerprint density at radius 3 is 1.43 bits per heavy atom. The van der Waals surface area contributed by atoms with E-state index in [2.05, 4.69) is 0 Å². The fourth-order valence-corrected chi connectivity index (χ4v) is 4.86. The molecule has 0 unspecified atom stereocenters. The summed E-state index contributed by atoms with van der Waals surface area (Å²) in [7, 11) is 0. The topological polar surface area (TPSA) is 40.5 Å². The minimum Gasteiger partial charge on any atom is -0.385 e. The standard InChI is InChI=1S/C21H24O2/c22-20(16-7-3-1-4-8-16)13-11-19-15-18(20)12-14-21(19,23)17-9-5-2-6-10-17/h1-10,18-19,22-23H,11-15H2/t18-,19-,20-,21-/m0/s1. The van der Waals surface area contributed by atoms with E-state index in [0.29, 0.717) is 0 Å². The average Bonchev–Trinajstić information content (AvgIpc) is 2.62. The number of rotatable bonds is 2. The van der Waals surface area contributed by atoms with Crippen LogP contribution in [0, 0.1) is 11.8 Å². The first kappa shape index (κ1) is 14.9. The van der Waals surface area contributed by atoms with Gasteiger partial charge in [-0.2, -0.15) is 0 Å². The van der Waals surface area contributed by atoms with E-state index < -0.39 is 11.2 Å². The molecule has 2 aliphatic rings. The maximum Gasteiger partial charge on any atom is 0.0924 e. The Kier molecular flexibility index (Phi) is 3.55. The first-order valence-electron chi connectivity index (χ1n) is 8.69. The lowest BCUT2D eigenvalue weighted by Crippen LogP contribution is -2.50. The number of hydrogen-bond acceptors (Lipinski definition) is 2. The average molecular weight is 308 g/mol. The Bertz CT molecular complexity index is 609. The molecule has 2 N–H and O–H groups in total. The molecule has 0 aliphatic heterocycles. The van der Waals surface area contributed by atoms with Crippen molar-refractivity contribution in [2.45, 2.75) is 43.3 Å². The Morgan fingerprint density at radius 2 is 1.04 bits per heavy atom.